The standard InChI is InChI=1S/C21H25N3O2S/c1-4-14(2)16-7-9-17(10-8-16)21(18-6-5-11-27-18)22-13-20(25)23-19-12-15(3)26-24-19/h5-12,14,21-22H,4,13H2,1-3H3,(H,23,24,25)/t14-,21-/m1/s1. The summed E-state index contributed by atoms with van der Waals surface area (Å²) < 4.78 is 4.98. The van der Waals surface area contributed by atoms with Crippen LogP contribution in [-0.2, 0) is 4.79 Å². The lowest BCUT2D eigenvalue weighted by atomic mass is 9.95. The van der Waals surface area contributed by atoms with E-state index in [9.17, 15) is 4.79 Å². The van der Waals surface area contributed by atoms with Gasteiger partial charge in [0.25, 0.3) is 0 Å². The van der Waals surface area contributed by atoms with Gasteiger partial charge in [0, 0.05) is 10.9 Å². The van der Waals surface area contributed by atoms with Crippen molar-refractivity contribution in [2.75, 3.05) is 11.9 Å². The first-order valence-electron chi connectivity index (χ1n) is 9.16. The molecule has 0 aliphatic heterocycles. The maximum absolute atomic E-state index is 12.3. The molecule has 2 N–H and O–H groups in total. The Balaban J connectivity index is 1.69. The van der Waals surface area contributed by atoms with Gasteiger partial charge in [0.1, 0.15) is 5.76 Å². The highest BCUT2D eigenvalue weighted by molar-refractivity contribution is 7.10. The molecular weight excluding hydrogens is 358 g/mol. The van der Waals surface area contributed by atoms with Gasteiger partial charge in [0.15, 0.2) is 5.82 Å². The minimum Gasteiger partial charge on any atom is -0.360 e. The zero-order valence-electron chi connectivity index (χ0n) is 15.9. The largest absolute Gasteiger partial charge is 0.360 e. The molecule has 0 radical (unpaired) electrons. The van der Waals surface area contributed by atoms with Crippen molar-refractivity contribution in [3.8, 4) is 0 Å². The Bertz CT molecular complexity index is 856. The predicted octanol–water partition coefficient (Wildman–Crippen LogP) is 4.88. The number of aromatic nitrogens is 1. The third-order valence-corrected chi connectivity index (χ3v) is 5.58. The van der Waals surface area contributed by atoms with Crippen molar-refractivity contribution in [2.24, 2.45) is 0 Å². The minimum absolute atomic E-state index is 0.0271. The summed E-state index contributed by atoms with van der Waals surface area (Å²) in [7, 11) is 0. The van der Waals surface area contributed by atoms with Gasteiger partial charge in [0.05, 0.1) is 12.6 Å². The van der Waals surface area contributed by atoms with Crippen LogP contribution < -0.4 is 10.6 Å². The van der Waals surface area contributed by atoms with E-state index in [1.807, 2.05) is 6.07 Å². The molecule has 0 saturated heterocycles. The smallest absolute Gasteiger partial charge is 0.239 e. The molecule has 5 nitrogen and oxygen atoms in total. The molecule has 0 bridgehead atoms. The van der Waals surface area contributed by atoms with Gasteiger partial charge in [-0.2, -0.15) is 0 Å². The lowest BCUT2D eigenvalue weighted by Crippen LogP contribution is -2.31. The lowest BCUT2D eigenvalue weighted by Gasteiger charge is -2.19. The van der Waals surface area contributed by atoms with Crippen molar-refractivity contribution >= 4 is 23.1 Å². The van der Waals surface area contributed by atoms with E-state index in [0.29, 0.717) is 17.5 Å². The number of anilines is 1. The number of nitrogens with zero attached hydrogens (tertiary/aromatic N) is 1. The fourth-order valence-corrected chi connectivity index (χ4v) is 3.72. The number of rotatable bonds is 8. The zero-order chi connectivity index (χ0) is 19.2. The van der Waals surface area contributed by atoms with Crippen molar-refractivity contribution in [3.05, 3.63) is 69.6 Å². The van der Waals surface area contributed by atoms with Gasteiger partial charge in [-0.25, -0.2) is 0 Å². The third-order valence-electron chi connectivity index (χ3n) is 4.64. The number of aryl methyl sites for hydroxylation is 1. The molecule has 27 heavy (non-hydrogen) atoms. The van der Waals surface area contributed by atoms with Gasteiger partial charge in [-0.05, 0) is 41.8 Å². The molecule has 2 heterocycles. The molecule has 3 aromatic rings. The van der Waals surface area contributed by atoms with Gasteiger partial charge in [-0.3, -0.25) is 10.1 Å². The van der Waals surface area contributed by atoms with Crippen LogP contribution in [0, 0.1) is 6.92 Å². The van der Waals surface area contributed by atoms with E-state index >= 15 is 0 Å². The Hall–Kier alpha value is -2.44. The first-order chi connectivity index (χ1) is 13.1. The summed E-state index contributed by atoms with van der Waals surface area (Å²) in [5.74, 6) is 1.49. The highest BCUT2D eigenvalue weighted by atomic mass is 32.1. The second kappa shape index (κ2) is 8.97. The fourth-order valence-electron chi connectivity index (χ4n) is 2.90. The Morgan fingerprint density at radius 2 is 1.96 bits per heavy atom. The average Bonchev–Trinajstić information content (AvgIpc) is 3.34. The van der Waals surface area contributed by atoms with Crippen LogP contribution in [0.1, 0.15) is 54.0 Å². The van der Waals surface area contributed by atoms with Crippen LogP contribution >= 0.6 is 11.3 Å². The molecule has 0 aliphatic rings. The minimum atomic E-state index is -0.152. The summed E-state index contributed by atoms with van der Waals surface area (Å²) in [6, 6.07) is 14.5. The Morgan fingerprint density at radius 1 is 1.22 bits per heavy atom. The topological polar surface area (TPSA) is 67.2 Å². The highest BCUT2D eigenvalue weighted by Crippen LogP contribution is 2.28. The second-order valence-corrected chi connectivity index (χ2v) is 7.66. The predicted molar refractivity (Wildman–Crippen MR) is 109 cm³/mol. The van der Waals surface area contributed by atoms with Gasteiger partial charge in [0.2, 0.25) is 5.91 Å². The molecular formula is C21H25N3O2S. The molecule has 6 heteroatoms. The quantitative estimate of drug-likeness (QED) is 0.582. The van der Waals surface area contributed by atoms with Crippen LogP contribution in [0.4, 0.5) is 5.82 Å². The summed E-state index contributed by atoms with van der Waals surface area (Å²) in [6.07, 6.45) is 1.12. The summed E-state index contributed by atoms with van der Waals surface area (Å²) >= 11 is 1.68. The molecule has 0 fully saturated rings. The van der Waals surface area contributed by atoms with Crippen molar-refractivity contribution in [1.29, 1.82) is 0 Å². The number of thiophene rings is 1. The fraction of sp³-hybridized carbons (Fsp3) is 0.333. The van der Waals surface area contributed by atoms with Gasteiger partial charge >= 0.3 is 0 Å². The van der Waals surface area contributed by atoms with Crippen LogP contribution in [0.2, 0.25) is 0 Å². The lowest BCUT2D eigenvalue weighted by molar-refractivity contribution is -0.115. The summed E-state index contributed by atoms with van der Waals surface area (Å²) in [4.78, 5) is 13.4. The maximum atomic E-state index is 12.3. The molecule has 2 atom stereocenters. The normalized spacial score (nSPS) is 13.3. The number of nitrogens with one attached hydrogen (secondary N) is 2. The maximum Gasteiger partial charge on any atom is 0.239 e. The SMILES string of the molecule is CC[C@@H](C)c1ccc([C@@H](NCC(=O)Nc2cc(C)on2)c2cccs2)cc1. The summed E-state index contributed by atoms with van der Waals surface area (Å²) in [6.45, 7) is 6.40. The van der Waals surface area contributed by atoms with Crippen LogP contribution in [0.25, 0.3) is 0 Å². The number of amides is 1. The molecule has 0 saturated carbocycles. The van der Waals surface area contributed by atoms with Crippen molar-refractivity contribution in [3.63, 3.8) is 0 Å². The van der Waals surface area contributed by atoms with Crippen LogP contribution in [-0.4, -0.2) is 17.6 Å². The van der Waals surface area contributed by atoms with E-state index in [4.69, 9.17) is 4.52 Å². The molecule has 0 unspecified atom stereocenters. The molecule has 0 aliphatic carbocycles. The molecule has 142 valence electrons. The number of hydrogen-bond acceptors (Lipinski definition) is 5. The average molecular weight is 384 g/mol. The third kappa shape index (κ3) is 5.05. The second-order valence-electron chi connectivity index (χ2n) is 6.68. The number of carbonyl (C=O) groups excluding carboxylic acids is 1. The van der Waals surface area contributed by atoms with Gasteiger partial charge in [-0.15, -0.1) is 11.3 Å². The number of hydrogen-bond donors (Lipinski definition) is 2. The molecule has 1 amide bonds. The zero-order valence-corrected chi connectivity index (χ0v) is 16.7. The van der Waals surface area contributed by atoms with E-state index in [1.165, 1.54) is 10.4 Å². The number of carbonyl (C=O) groups is 1. The monoisotopic (exact) mass is 383 g/mol. The number of benzene rings is 1. The Labute approximate surface area is 163 Å². The van der Waals surface area contributed by atoms with Crippen LogP contribution in [0.3, 0.4) is 0 Å². The van der Waals surface area contributed by atoms with E-state index in [2.05, 4.69) is 65.3 Å². The Kier molecular flexibility index (Phi) is 6.42. The van der Waals surface area contributed by atoms with Crippen molar-refractivity contribution in [2.45, 2.75) is 39.2 Å². The van der Waals surface area contributed by atoms with Crippen molar-refractivity contribution < 1.29 is 9.32 Å². The van der Waals surface area contributed by atoms with Crippen LogP contribution in [0.15, 0.2) is 52.4 Å². The Morgan fingerprint density at radius 3 is 2.56 bits per heavy atom. The van der Waals surface area contributed by atoms with Crippen molar-refractivity contribution in [1.82, 2.24) is 10.5 Å². The first kappa shape index (κ1) is 19.3. The molecule has 2 aromatic heterocycles. The van der Waals surface area contributed by atoms with Gasteiger partial charge in [-0.1, -0.05) is 49.3 Å². The summed E-state index contributed by atoms with van der Waals surface area (Å²) in [5.41, 5.74) is 2.49. The molecule has 3 rings (SSSR count). The van der Waals surface area contributed by atoms with E-state index in [1.54, 1.807) is 24.3 Å². The summed E-state index contributed by atoms with van der Waals surface area (Å²) in [5, 5.41) is 12.0. The van der Waals surface area contributed by atoms with Gasteiger partial charge < -0.3 is 9.84 Å². The molecule has 0 spiro atoms. The van der Waals surface area contributed by atoms with E-state index in [-0.39, 0.29) is 18.5 Å². The highest BCUT2D eigenvalue weighted by Gasteiger charge is 2.17. The molecule has 1 aromatic carbocycles. The van der Waals surface area contributed by atoms with E-state index in [0.717, 1.165) is 12.0 Å². The van der Waals surface area contributed by atoms with Crippen LogP contribution in [0.5, 0.6) is 0 Å². The first-order valence-corrected chi connectivity index (χ1v) is 10.0. The van der Waals surface area contributed by atoms with E-state index < -0.39 is 0 Å².